The predicted molar refractivity (Wildman–Crippen MR) is 82.0 cm³/mol. The highest BCUT2D eigenvalue weighted by Gasteiger charge is 2.26. The predicted octanol–water partition coefficient (Wildman–Crippen LogP) is 2.23. The van der Waals surface area contributed by atoms with Crippen LogP contribution in [0.5, 0.6) is 0 Å². The van der Waals surface area contributed by atoms with Gasteiger partial charge in [0.15, 0.2) is 0 Å². The summed E-state index contributed by atoms with van der Waals surface area (Å²) in [6.07, 6.45) is 5.10. The van der Waals surface area contributed by atoms with Gasteiger partial charge in [0.1, 0.15) is 10.7 Å². The van der Waals surface area contributed by atoms with Crippen molar-refractivity contribution in [3.05, 3.63) is 28.5 Å². The second-order valence-corrected chi connectivity index (χ2v) is 7.33. The van der Waals surface area contributed by atoms with Crippen LogP contribution in [-0.4, -0.2) is 32.4 Å². The van der Waals surface area contributed by atoms with Crippen molar-refractivity contribution in [2.75, 3.05) is 13.6 Å². The zero-order chi connectivity index (χ0) is 16.2. The molecule has 0 aliphatic heterocycles. The number of halogens is 2. The molecule has 0 unspecified atom stereocenters. The molecule has 0 amide bonds. The van der Waals surface area contributed by atoms with Crippen LogP contribution in [0.4, 0.5) is 4.39 Å². The maximum Gasteiger partial charge on any atom is 0.246 e. The van der Waals surface area contributed by atoms with E-state index in [1.807, 2.05) is 13.8 Å². The monoisotopic (exact) mass is 332 g/mol. The van der Waals surface area contributed by atoms with Gasteiger partial charge in [0, 0.05) is 30.2 Å². The van der Waals surface area contributed by atoms with E-state index in [1.165, 1.54) is 13.1 Å². The lowest BCUT2D eigenvalue weighted by atomic mass is 10.2. The summed E-state index contributed by atoms with van der Waals surface area (Å²) in [6, 6.07) is 2.64. The van der Waals surface area contributed by atoms with Gasteiger partial charge >= 0.3 is 0 Å². The summed E-state index contributed by atoms with van der Waals surface area (Å²) >= 11 is 5.91. The number of terminal acetylenes is 1. The Morgan fingerprint density at radius 1 is 1.48 bits per heavy atom. The second kappa shape index (κ2) is 7.23. The van der Waals surface area contributed by atoms with Crippen molar-refractivity contribution in [1.82, 2.24) is 9.62 Å². The molecule has 0 heterocycles. The molecule has 1 N–H and O–H groups in total. The third-order valence-electron chi connectivity index (χ3n) is 2.78. The molecule has 0 saturated carbocycles. The van der Waals surface area contributed by atoms with E-state index in [2.05, 4.69) is 11.2 Å². The Morgan fingerprint density at radius 3 is 2.62 bits per heavy atom. The van der Waals surface area contributed by atoms with Gasteiger partial charge in [0.25, 0.3) is 0 Å². The van der Waals surface area contributed by atoms with Crippen LogP contribution in [0.2, 0.25) is 5.02 Å². The molecule has 4 nitrogen and oxygen atoms in total. The first kappa shape index (κ1) is 17.9. The van der Waals surface area contributed by atoms with Crippen LogP contribution in [0.15, 0.2) is 17.0 Å². The van der Waals surface area contributed by atoms with Gasteiger partial charge in [-0.3, -0.25) is 0 Å². The van der Waals surface area contributed by atoms with Crippen molar-refractivity contribution in [3.63, 3.8) is 0 Å². The molecule has 0 fully saturated rings. The third kappa shape index (κ3) is 4.42. The highest BCUT2D eigenvalue weighted by molar-refractivity contribution is 7.89. The van der Waals surface area contributed by atoms with E-state index in [-0.39, 0.29) is 29.7 Å². The molecule has 0 aliphatic carbocycles. The molecular formula is C14H18ClFN2O2S. The van der Waals surface area contributed by atoms with E-state index in [9.17, 15) is 12.8 Å². The Bertz CT molecular complexity index is 654. The molecule has 0 bridgehead atoms. The summed E-state index contributed by atoms with van der Waals surface area (Å²) in [6.45, 7) is 3.85. The molecule has 1 aromatic rings. The van der Waals surface area contributed by atoms with E-state index < -0.39 is 20.7 Å². The first-order valence-electron chi connectivity index (χ1n) is 6.31. The Hall–Kier alpha value is -1.13. The van der Waals surface area contributed by atoms with E-state index in [0.717, 1.165) is 10.4 Å². The minimum absolute atomic E-state index is 0.132. The maximum atomic E-state index is 14.4. The zero-order valence-corrected chi connectivity index (χ0v) is 13.7. The Balaban J connectivity index is 3.28. The molecule has 7 heteroatoms. The van der Waals surface area contributed by atoms with Crippen LogP contribution in [0.1, 0.15) is 19.4 Å². The van der Waals surface area contributed by atoms with Crippen molar-refractivity contribution in [3.8, 4) is 12.3 Å². The Kier molecular flexibility index (Phi) is 6.17. The van der Waals surface area contributed by atoms with E-state index in [1.54, 1.807) is 0 Å². The molecule has 0 atom stereocenters. The smallest absolute Gasteiger partial charge is 0.246 e. The van der Waals surface area contributed by atoms with Crippen molar-refractivity contribution in [1.29, 1.82) is 0 Å². The van der Waals surface area contributed by atoms with Gasteiger partial charge in [0.05, 0.1) is 6.54 Å². The van der Waals surface area contributed by atoms with Gasteiger partial charge in [-0.1, -0.05) is 31.4 Å². The lowest BCUT2D eigenvalue weighted by Crippen LogP contribution is -2.29. The van der Waals surface area contributed by atoms with Crippen LogP contribution >= 0.6 is 11.6 Å². The number of nitrogens with one attached hydrogen (secondary N) is 1. The molecule has 1 aromatic carbocycles. The standard InChI is InChI=1S/C14H18ClFN2O2S/c1-5-6-18(4)21(19,20)13-8-12(15)7-11(14(13)16)9-17-10(2)3/h1,7-8,10,17H,6,9H2,2-4H3. The van der Waals surface area contributed by atoms with Gasteiger partial charge in [-0.2, -0.15) is 4.31 Å². The lowest BCUT2D eigenvalue weighted by Gasteiger charge is -2.17. The Labute approximate surface area is 130 Å². The highest BCUT2D eigenvalue weighted by Crippen LogP contribution is 2.25. The average Bonchev–Trinajstić information content (AvgIpc) is 2.39. The molecule has 21 heavy (non-hydrogen) atoms. The van der Waals surface area contributed by atoms with Crippen LogP contribution in [0, 0.1) is 18.2 Å². The van der Waals surface area contributed by atoms with Gasteiger partial charge in [-0.05, 0) is 12.1 Å². The largest absolute Gasteiger partial charge is 0.310 e. The fraction of sp³-hybridized carbons (Fsp3) is 0.429. The van der Waals surface area contributed by atoms with E-state index in [4.69, 9.17) is 18.0 Å². The normalized spacial score (nSPS) is 11.9. The quantitative estimate of drug-likeness (QED) is 0.813. The summed E-state index contributed by atoms with van der Waals surface area (Å²) < 4.78 is 39.9. The summed E-state index contributed by atoms with van der Waals surface area (Å²) in [4.78, 5) is -0.465. The molecular weight excluding hydrogens is 315 g/mol. The molecule has 1 rings (SSSR count). The van der Waals surface area contributed by atoms with E-state index >= 15 is 0 Å². The minimum atomic E-state index is -4.01. The molecule has 0 aromatic heterocycles. The summed E-state index contributed by atoms with van der Waals surface area (Å²) in [5, 5.41) is 3.18. The molecule has 0 spiro atoms. The van der Waals surface area contributed by atoms with Crippen molar-refractivity contribution in [2.24, 2.45) is 0 Å². The van der Waals surface area contributed by atoms with Crippen LogP contribution in [0.25, 0.3) is 0 Å². The van der Waals surface area contributed by atoms with Gasteiger partial charge in [-0.15, -0.1) is 6.42 Å². The fourth-order valence-corrected chi connectivity index (χ4v) is 3.15. The Morgan fingerprint density at radius 2 is 2.10 bits per heavy atom. The zero-order valence-electron chi connectivity index (χ0n) is 12.2. The summed E-state index contributed by atoms with van der Waals surface area (Å²) in [7, 11) is -2.72. The number of rotatable bonds is 6. The summed E-state index contributed by atoms with van der Waals surface area (Å²) in [5.74, 6) is 1.40. The van der Waals surface area contributed by atoms with Crippen molar-refractivity contribution in [2.45, 2.75) is 31.3 Å². The highest BCUT2D eigenvalue weighted by atomic mass is 35.5. The first-order chi connectivity index (χ1) is 9.70. The van der Waals surface area contributed by atoms with Crippen LogP contribution < -0.4 is 5.32 Å². The molecule has 0 saturated heterocycles. The number of nitrogens with zero attached hydrogens (tertiary/aromatic N) is 1. The second-order valence-electron chi connectivity index (χ2n) is 4.88. The SMILES string of the molecule is C#CCN(C)S(=O)(=O)c1cc(Cl)cc(CNC(C)C)c1F. The molecule has 116 valence electrons. The van der Waals surface area contributed by atoms with Crippen molar-refractivity contribution >= 4 is 21.6 Å². The third-order valence-corrected chi connectivity index (χ3v) is 4.80. The number of sulfonamides is 1. The van der Waals surface area contributed by atoms with Gasteiger partial charge in [-0.25, -0.2) is 12.8 Å². The topological polar surface area (TPSA) is 49.4 Å². The average molecular weight is 333 g/mol. The molecule has 0 aliphatic rings. The van der Waals surface area contributed by atoms with Gasteiger partial charge in [0.2, 0.25) is 10.0 Å². The van der Waals surface area contributed by atoms with E-state index in [0.29, 0.717) is 0 Å². The van der Waals surface area contributed by atoms with Crippen molar-refractivity contribution < 1.29 is 12.8 Å². The molecule has 0 radical (unpaired) electrons. The number of benzene rings is 1. The summed E-state index contributed by atoms with van der Waals surface area (Å²) in [5.41, 5.74) is 0.198. The van der Waals surface area contributed by atoms with Crippen LogP contribution in [-0.2, 0) is 16.6 Å². The number of hydrogen-bond donors (Lipinski definition) is 1. The maximum absolute atomic E-state index is 14.4. The first-order valence-corrected chi connectivity index (χ1v) is 8.13. The lowest BCUT2D eigenvalue weighted by molar-refractivity contribution is 0.487. The fourth-order valence-electron chi connectivity index (χ4n) is 1.63. The van der Waals surface area contributed by atoms with Gasteiger partial charge < -0.3 is 5.32 Å². The van der Waals surface area contributed by atoms with Crippen LogP contribution in [0.3, 0.4) is 0 Å². The number of hydrogen-bond acceptors (Lipinski definition) is 3. The minimum Gasteiger partial charge on any atom is -0.310 e.